The first kappa shape index (κ1) is 12.2. The van der Waals surface area contributed by atoms with Crippen LogP contribution in [0.2, 0.25) is 0 Å². The molecule has 0 bridgehead atoms. The lowest BCUT2D eigenvalue weighted by molar-refractivity contribution is -0.0394. The van der Waals surface area contributed by atoms with E-state index >= 15 is 0 Å². The van der Waals surface area contributed by atoms with Crippen molar-refractivity contribution in [3.8, 4) is 17.0 Å². The van der Waals surface area contributed by atoms with Gasteiger partial charge in [-0.1, -0.05) is 0 Å². The van der Waals surface area contributed by atoms with Crippen molar-refractivity contribution in [1.82, 2.24) is 14.8 Å². The smallest absolute Gasteiger partial charge is 0.212 e. The maximum atomic E-state index is 5.71. The summed E-state index contributed by atoms with van der Waals surface area (Å²) in [5.74, 6) is 0.617. The Morgan fingerprint density at radius 1 is 1.26 bits per heavy atom. The van der Waals surface area contributed by atoms with Crippen molar-refractivity contribution < 1.29 is 9.47 Å². The van der Waals surface area contributed by atoms with Crippen LogP contribution in [0, 0.1) is 0 Å². The molecule has 1 atom stereocenters. The van der Waals surface area contributed by atoms with E-state index in [1.54, 1.807) is 13.3 Å². The quantitative estimate of drug-likeness (QED) is 0.850. The molecule has 1 aliphatic rings. The SMILES string of the molecule is COc1ccc(-c2cnn([C@@H]3CCCCO3)c2)cn1. The molecular weight excluding hydrogens is 242 g/mol. The van der Waals surface area contributed by atoms with Crippen molar-refractivity contribution in [2.24, 2.45) is 0 Å². The van der Waals surface area contributed by atoms with Crippen LogP contribution < -0.4 is 4.74 Å². The molecule has 100 valence electrons. The maximum Gasteiger partial charge on any atom is 0.212 e. The molecule has 0 N–H and O–H groups in total. The van der Waals surface area contributed by atoms with Crippen LogP contribution in [0.4, 0.5) is 0 Å². The Hall–Kier alpha value is -1.88. The normalized spacial score (nSPS) is 19.3. The summed E-state index contributed by atoms with van der Waals surface area (Å²) in [6, 6.07) is 3.83. The lowest BCUT2D eigenvalue weighted by atomic mass is 10.1. The molecule has 5 heteroatoms. The second-order valence-corrected chi connectivity index (χ2v) is 4.62. The lowest BCUT2D eigenvalue weighted by Gasteiger charge is -2.22. The van der Waals surface area contributed by atoms with Crippen molar-refractivity contribution in [3.63, 3.8) is 0 Å². The Bertz CT molecular complexity index is 530. The summed E-state index contributed by atoms with van der Waals surface area (Å²) < 4.78 is 12.7. The second kappa shape index (κ2) is 5.40. The zero-order valence-corrected chi connectivity index (χ0v) is 11.0. The minimum atomic E-state index is 0.0775. The molecule has 0 unspecified atom stereocenters. The number of hydrogen-bond acceptors (Lipinski definition) is 4. The zero-order chi connectivity index (χ0) is 13.1. The topological polar surface area (TPSA) is 49.2 Å². The lowest BCUT2D eigenvalue weighted by Crippen LogP contribution is -2.18. The molecule has 19 heavy (non-hydrogen) atoms. The van der Waals surface area contributed by atoms with Gasteiger partial charge in [-0.15, -0.1) is 0 Å². The number of rotatable bonds is 3. The first-order valence-electron chi connectivity index (χ1n) is 6.53. The molecule has 2 aromatic rings. The van der Waals surface area contributed by atoms with E-state index in [0.29, 0.717) is 5.88 Å². The number of pyridine rings is 1. The molecule has 0 aliphatic carbocycles. The van der Waals surface area contributed by atoms with Gasteiger partial charge >= 0.3 is 0 Å². The van der Waals surface area contributed by atoms with E-state index in [-0.39, 0.29) is 6.23 Å². The standard InChI is InChI=1S/C14H17N3O2/c1-18-13-6-5-11(8-15-13)12-9-16-17(10-12)14-4-2-3-7-19-14/h5-6,8-10,14H,2-4,7H2,1H3/t14-/m0/s1. The van der Waals surface area contributed by atoms with Gasteiger partial charge < -0.3 is 9.47 Å². The van der Waals surface area contributed by atoms with Crippen LogP contribution in [0.5, 0.6) is 5.88 Å². The monoisotopic (exact) mass is 259 g/mol. The highest BCUT2D eigenvalue weighted by molar-refractivity contribution is 5.60. The van der Waals surface area contributed by atoms with Crippen LogP contribution in [0.15, 0.2) is 30.7 Å². The molecule has 3 rings (SSSR count). The highest BCUT2D eigenvalue weighted by atomic mass is 16.5. The Labute approximate surface area is 112 Å². The van der Waals surface area contributed by atoms with Gasteiger partial charge in [0.05, 0.1) is 13.3 Å². The Morgan fingerprint density at radius 2 is 2.21 bits per heavy atom. The molecule has 3 heterocycles. The van der Waals surface area contributed by atoms with E-state index in [1.165, 1.54) is 6.42 Å². The van der Waals surface area contributed by atoms with Gasteiger partial charge in [0, 0.05) is 36.2 Å². The van der Waals surface area contributed by atoms with Crippen molar-refractivity contribution in [2.45, 2.75) is 25.5 Å². The first-order chi connectivity index (χ1) is 9.36. The molecule has 1 saturated heterocycles. The summed E-state index contributed by atoms with van der Waals surface area (Å²) in [6.07, 6.45) is 9.11. The molecule has 5 nitrogen and oxygen atoms in total. The first-order valence-corrected chi connectivity index (χ1v) is 6.53. The van der Waals surface area contributed by atoms with Gasteiger partial charge in [-0.25, -0.2) is 9.67 Å². The van der Waals surface area contributed by atoms with Crippen LogP contribution in [0.3, 0.4) is 0 Å². The molecule has 2 aromatic heterocycles. The van der Waals surface area contributed by atoms with Gasteiger partial charge in [-0.05, 0) is 25.3 Å². The third-order valence-electron chi connectivity index (χ3n) is 3.33. The van der Waals surface area contributed by atoms with Crippen LogP contribution in [-0.4, -0.2) is 28.5 Å². The number of nitrogens with zero attached hydrogens (tertiary/aromatic N) is 3. The van der Waals surface area contributed by atoms with E-state index in [0.717, 1.165) is 30.6 Å². The number of methoxy groups -OCH3 is 1. The van der Waals surface area contributed by atoms with Crippen LogP contribution >= 0.6 is 0 Å². The fourth-order valence-corrected chi connectivity index (χ4v) is 2.25. The Morgan fingerprint density at radius 3 is 2.89 bits per heavy atom. The predicted octanol–water partition coefficient (Wildman–Crippen LogP) is 2.65. The third kappa shape index (κ3) is 2.61. The number of aromatic nitrogens is 3. The van der Waals surface area contributed by atoms with E-state index < -0.39 is 0 Å². The molecule has 1 aliphatic heterocycles. The average Bonchev–Trinajstić information content (AvgIpc) is 2.98. The van der Waals surface area contributed by atoms with Crippen LogP contribution in [0.25, 0.3) is 11.1 Å². The summed E-state index contributed by atoms with van der Waals surface area (Å²) in [6.45, 7) is 0.823. The van der Waals surface area contributed by atoms with E-state index in [4.69, 9.17) is 9.47 Å². The summed E-state index contributed by atoms with van der Waals surface area (Å²) in [5.41, 5.74) is 2.08. The maximum absolute atomic E-state index is 5.71. The van der Waals surface area contributed by atoms with Gasteiger partial charge in [0.2, 0.25) is 5.88 Å². The minimum Gasteiger partial charge on any atom is -0.481 e. The number of hydrogen-bond donors (Lipinski definition) is 0. The largest absolute Gasteiger partial charge is 0.481 e. The van der Waals surface area contributed by atoms with Gasteiger partial charge in [-0.3, -0.25) is 0 Å². The van der Waals surface area contributed by atoms with Gasteiger partial charge in [0.15, 0.2) is 0 Å². The molecule has 0 aromatic carbocycles. The summed E-state index contributed by atoms with van der Waals surface area (Å²) in [4.78, 5) is 4.20. The van der Waals surface area contributed by atoms with E-state index in [9.17, 15) is 0 Å². The summed E-state index contributed by atoms with van der Waals surface area (Å²) in [7, 11) is 1.61. The molecule has 0 spiro atoms. The summed E-state index contributed by atoms with van der Waals surface area (Å²) in [5, 5.41) is 4.39. The zero-order valence-electron chi connectivity index (χ0n) is 11.0. The van der Waals surface area contributed by atoms with Crippen molar-refractivity contribution in [2.75, 3.05) is 13.7 Å². The molecule has 1 fully saturated rings. The Kier molecular flexibility index (Phi) is 3.46. The van der Waals surface area contributed by atoms with Crippen molar-refractivity contribution >= 4 is 0 Å². The molecule has 0 amide bonds. The fourth-order valence-electron chi connectivity index (χ4n) is 2.25. The molecular formula is C14H17N3O2. The van der Waals surface area contributed by atoms with Gasteiger partial charge in [-0.2, -0.15) is 5.10 Å². The number of ether oxygens (including phenoxy) is 2. The van der Waals surface area contributed by atoms with Crippen molar-refractivity contribution in [3.05, 3.63) is 30.7 Å². The van der Waals surface area contributed by atoms with E-state index in [1.807, 2.05) is 29.2 Å². The molecule has 0 saturated carbocycles. The molecule has 0 radical (unpaired) electrons. The second-order valence-electron chi connectivity index (χ2n) is 4.62. The van der Waals surface area contributed by atoms with Gasteiger partial charge in [0.1, 0.15) is 6.23 Å². The van der Waals surface area contributed by atoms with Crippen LogP contribution in [-0.2, 0) is 4.74 Å². The van der Waals surface area contributed by atoms with Crippen molar-refractivity contribution in [1.29, 1.82) is 0 Å². The highest BCUT2D eigenvalue weighted by Gasteiger charge is 2.16. The third-order valence-corrected chi connectivity index (χ3v) is 3.33. The van der Waals surface area contributed by atoms with E-state index in [2.05, 4.69) is 10.1 Å². The Balaban J connectivity index is 1.79. The highest BCUT2D eigenvalue weighted by Crippen LogP contribution is 2.25. The van der Waals surface area contributed by atoms with Crippen LogP contribution in [0.1, 0.15) is 25.5 Å². The summed E-state index contributed by atoms with van der Waals surface area (Å²) >= 11 is 0. The van der Waals surface area contributed by atoms with Gasteiger partial charge in [0.25, 0.3) is 0 Å². The fraction of sp³-hybridized carbons (Fsp3) is 0.429. The predicted molar refractivity (Wildman–Crippen MR) is 70.9 cm³/mol. The minimum absolute atomic E-state index is 0.0775. The average molecular weight is 259 g/mol.